The molecule has 0 radical (unpaired) electrons. The molecule has 2 rings (SSSR count). The first-order chi connectivity index (χ1) is 9.82. The van der Waals surface area contributed by atoms with Crippen LogP contribution in [0.15, 0.2) is 35.5 Å². The van der Waals surface area contributed by atoms with Crippen LogP contribution in [0.1, 0.15) is 14.5 Å². The predicted octanol–water partition coefficient (Wildman–Crippen LogP) is 1.95. The summed E-state index contributed by atoms with van der Waals surface area (Å²) in [6.45, 7) is 1.68. The molecule has 0 aliphatic heterocycles. The second kappa shape index (κ2) is 5.92. The summed E-state index contributed by atoms with van der Waals surface area (Å²) in [5.74, 6) is -0.351. The zero-order chi connectivity index (χ0) is 15.6. The van der Waals surface area contributed by atoms with Gasteiger partial charge >= 0.3 is 0 Å². The Balaban J connectivity index is 2.29. The lowest BCUT2D eigenvalue weighted by Gasteiger charge is -2.10. The fourth-order valence-corrected chi connectivity index (χ4v) is 4.01. The van der Waals surface area contributed by atoms with Gasteiger partial charge in [-0.3, -0.25) is 9.78 Å². The van der Waals surface area contributed by atoms with E-state index in [-0.39, 0.29) is 10.8 Å². The van der Waals surface area contributed by atoms with Gasteiger partial charge in [-0.25, -0.2) is 12.7 Å². The number of pyridine rings is 1. The van der Waals surface area contributed by atoms with E-state index in [1.54, 1.807) is 25.3 Å². The lowest BCUT2D eigenvalue weighted by Crippen LogP contribution is -2.22. The molecule has 1 N–H and O–H groups in total. The number of aromatic nitrogens is 1. The average molecular weight is 325 g/mol. The predicted molar refractivity (Wildman–Crippen MR) is 82.1 cm³/mol. The van der Waals surface area contributed by atoms with Crippen LogP contribution in [0.3, 0.4) is 0 Å². The van der Waals surface area contributed by atoms with E-state index in [4.69, 9.17) is 0 Å². The molecule has 21 heavy (non-hydrogen) atoms. The van der Waals surface area contributed by atoms with Crippen LogP contribution >= 0.6 is 11.3 Å². The van der Waals surface area contributed by atoms with Crippen molar-refractivity contribution in [2.24, 2.45) is 0 Å². The van der Waals surface area contributed by atoms with E-state index in [9.17, 15) is 13.2 Å². The molecule has 0 fully saturated rings. The van der Waals surface area contributed by atoms with E-state index in [1.165, 1.54) is 26.4 Å². The first-order valence-electron chi connectivity index (χ1n) is 6.06. The summed E-state index contributed by atoms with van der Waals surface area (Å²) in [6, 6.07) is 4.82. The van der Waals surface area contributed by atoms with Crippen molar-refractivity contribution in [3.05, 3.63) is 40.3 Å². The van der Waals surface area contributed by atoms with Crippen LogP contribution in [0.2, 0.25) is 0 Å². The number of thiophene rings is 1. The van der Waals surface area contributed by atoms with Crippen molar-refractivity contribution in [3.63, 3.8) is 0 Å². The minimum atomic E-state index is -3.54. The number of hydrogen-bond donors (Lipinski definition) is 1. The van der Waals surface area contributed by atoms with Gasteiger partial charge in [0, 0.05) is 25.2 Å². The molecule has 0 saturated heterocycles. The maximum atomic E-state index is 12.1. The second-order valence-corrected chi connectivity index (χ2v) is 7.89. The van der Waals surface area contributed by atoms with Crippen molar-refractivity contribution in [1.82, 2.24) is 9.29 Å². The fraction of sp³-hybridized carbons (Fsp3) is 0.231. The Hall–Kier alpha value is -1.77. The van der Waals surface area contributed by atoms with Crippen molar-refractivity contribution >= 4 is 33.0 Å². The molecule has 1 amide bonds. The molecular weight excluding hydrogens is 310 g/mol. The van der Waals surface area contributed by atoms with E-state index in [0.29, 0.717) is 15.4 Å². The third-order valence-corrected chi connectivity index (χ3v) is 5.89. The fourth-order valence-electron chi connectivity index (χ4n) is 1.66. The van der Waals surface area contributed by atoms with Crippen molar-refractivity contribution in [2.45, 2.75) is 11.8 Å². The van der Waals surface area contributed by atoms with E-state index in [0.717, 1.165) is 15.6 Å². The Morgan fingerprint density at radius 2 is 2.10 bits per heavy atom. The summed E-state index contributed by atoms with van der Waals surface area (Å²) < 4.78 is 25.4. The maximum absolute atomic E-state index is 12.1. The van der Waals surface area contributed by atoms with E-state index in [2.05, 4.69) is 10.3 Å². The number of carbonyl (C=O) groups excluding carboxylic acids is 1. The van der Waals surface area contributed by atoms with Crippen LogP contribution < -0.4 is 5.32 Å². The normalized spacial score (nSPS) is 11.6. The number of anilines is 1. The zero-order valence-corrected chi connectivity index (χ0v) is 13.5. The highest BCUT2D eigenvalue weighted by molar-refractivity contribution is 7.89. The molecule has 0 aliphatic rings. The molecule has 0 unspecified atom stereocenters. The number of nitrogens with zero attached hydrogens (tertiary/aromatic N) is 2. The van der Waals surface area contributed by atoms with Gasteiger partial charge in [0.05, 0.1) is 21.7 Å². The Bertz CT molecular complexity index is 752. The van der Waals surface area contributed by atoms with Crippen molar-refractivity contribution in [2.75, 3.05) is 19.4 Å². The number of nitrogens with one attached hydrogen (secondary N) is 1. The van der Waals surface area contributed by atoms with Crippen LogP contribution in [0.25, 0.3) is 0 Å². The van der Waals surface area contributed by atoms with E-state index < -0.39 is 10.0 Å². The summed E-state index contributed by atoms with van der Waals surface area (Å²) >= 11 is 1.15. The van der Waals surface area contributed by atoms with Crippen LogP contribution in [-0.4, -0.2) is 37.7 Å². The number of aryl methyl sites for hydroxylation is 1. The van der Waals surface area contributed by atoms with Crippen molar-refractivity contribution in [3.8, 4) is 0 Å². The summed E-state index contributed by atoms with van der Waals surface area (Å²) in [7, 11) is -0.621. The molecule has 112 valence electrons. The third-order valence-electron chi connectivity index (χ3n) is 2.77. The van der Waals surface area contributed by atoms with Gasteiger partial charge in [-0.15, -0.1) is 11.3 Å². The molecule has 2 aromatic rings. The Morgan fingerprint density at radius 1 is 1.38 bits per heavy atom. The van der Waals surface area contributed by atoms with Gasteiger partial charge in [0.2, 0.25) is 10.0 Å². The SMILES string of the molecule is Cc1sc(C(=O)Nc2cccnc2)cc1S(=O)(=O)N(C)C. The standard InChI is InChI=1S/C13H15N3O3S2/c1-9-12(21(18,19)16(2)3)7-11(20-9)13(17)15-10-5-4-6-14-8-10/h4-8H,1-3H3,(H,15,17). The summed E-state index contributed by atoms with van der Waals surface area (Å²) in [5, 5.41) is 2.68. The van der Waals surface area contributed by atoms with Gasteiger partial charge in [0.15, 0.2) is 0 Å². The summed E-state index contributed by atoms with van der Waals surface area (Å²) in [4.78, 5) is 17.1. The number of rotatable bonds is 4. The van der Waals surface area contributed by atoms with Crippen LogP contribution in [0.5, 0.6) is 0 Å². The van der Waals surface area contributed by atoms with Crippen LogP contribution in [0.4, 0.5) is 5.69 Å². The molecule has 6 nitrogen and oxygen atoms in total. The number of carbonyl (C=O) groups is 1. The summed E-state index contributed by atoms with van der Waals surface area (Å²) in [5.41, 5.74) is 0.561. The quantitative estimate of drug-likeness (QED) is 0.932. The van der Waals surface area contributed by atoms with Crippen molar-refractivity contribution in [1.29, 1.82) is 0 Å². The monoisotopic (exact) mass is 325 g/mol. The number of amides is 1. The third kappa shape index (κ3) is 3.29. The Labute approximate surface area is 127 Å². The summed E-state index contributed by atoms with van der Waals surface area (Å²) in [6.07, 6.45) is 3.13. The zero-order valence-electron chi connectivity index (χ0n) is 11.8. The first-order valence-corrected chi connectivity index (χ1v) is 8.32. The minimum Gasteiger partial charge on any atom is -0.320 e. The molecule has 2 heterocycles. The highest BCUT2D eigenvalue weighted by atomic mass is 32.2. The van der Waals surface area contributed by atoms with E-state index in [1.807, 2.05) is 0 Å². The Morgan fingerprint density at radius 3 is 2.67 bits per heavy atom. The highest BCUT2D eigenvalue weighted by Crippen LogP contribution is 2.27. The van der Waals surface area contributed by atoms with Crippen LogP contribution in [0, 0.1) is 6.92 Å². The molecule has 0 spiro atoms. The average Bonchev–Trinajstić information content (AvgIpc) is 2.82. The minimum absolute atomic E-state index is 0.161. The molecule has 2 aromatic heterocycles. The van der Waals surface area contributed by atoms with Gasteiger partial charge < -0.3 is 5.32 Å². The number of sulfonamides is 1. The lowest BCUT2D eigenvalue weighted by molar-refractivity contribution is 0.103. The van der Waals surface area contributed by atoms with Crippen molar-refractivity contribution < 1.29 is 13.2 Å². The molecule has 8 heteroatoms. The van der Waals surface area contributed by atoms with Gasteiger partial charge in [-0.1, -0.05) is 0 Å². The largest absolute Gasteiger partial charge is 0.320 e. The van der Waals surface area contributed by atoms with Gasteiger partial charge in [0.25, 0.3) is 5.91 Å². The molecule has 0 aromatic carbocycles. The van der Waals surface area contributed by atoms with Gasteiger partial charge in [0.1, 0.15) is 0 Å². The highest BCUT2D eigenvalue weighted by Gasteiger charge is 2.24. The molecule has 0 saturated carbocycles. The second-order valence-electron chi connectivity index (χ2n) is 4.51. The van der Waals surface area contributed by atoms with Crippen LogP contribution in [-0.2, 0) is 10.0 Å². The maximum Gasteiger partial charge on any atom is 0.265 e. The molecule has 0 aliphatic carbocycles. The number of hydrogen-bond acceptors (Lipinski definition) is 5. The van der Waals surface area contributed by atoms with E-state index >= 15 is 0 Å². The smallest absolute Gasteiger partial charge is 0.265 e. The molecule has 0 atom stereocenters. The van der Waals surface area contributed by atoms with Gasteiger partial charge in [-0.2, -0.15) is 0 Å². The lowest BCUT2D eigenvalue weighted by atomic mass is 10.4. The topological polar surface area (TPSA) is 79.4 Å². The van der Waals surface area contributed by atoms with Gasteiger partial charge in [-0.05, 0) is 25.1 Å². The Kier molecular flexibility index (Phi) is 4.40. The molecular formula is C13H15N3O3S2. The first kappa shape index (κ1) is 15.6. The molecule has 0 bridgehead atoms.